The summed E-state index contributed by atoms with van der Waals surface area (Å²) < 4.78 is 28.5. The van der Waals surface area contributed by atoms with Crippen molar-refractivity contribution in [2.45, 2.75) is 25.3 Å². The molecule has 0 amide bonds. The molecule has 0 aliphatic heterocycles. The first-order valence-electron chi connectivity index (χ1n) is 11.4. The molecule has 10 nitrogen and oxygen atoms in total. The number of rotatable bonds is 9. The maximum Gasteiger partial charge on any atom is 0.298 e. The highest BCUT2D eigenvalue weighted by Gasteiger charge is 2.26. The van der Waals surface area contributed by atoms with Crippen LogP contribution < -0.4 is 0 Å². The van der Waals surface area contributed by atoms with Gasteiger partial charge in [0.2, 0.25) is 15.9 Å². The van der Waals surface area contributed by atoms with Crippen molar-refractivity contribution in [1.29, 1.82) is 0 Å². The Morgan fingerprint density at radius 1 is 1.03 bits per heavy atom. The average molecular weight is 542 g/mol. The van der Waals surface area contributed by atoms with Gasteiger partial charge in [0.25, 0.3) is 5.69 Å². The third kappa shape index (κ3) is 5.06. The van der Waals surface area contributed by atoms with Crippen LogP contribution >= 0.6 is 11.6 Å². The second-order valence-electron chi connectivity index (χ2n) is 8.06. The fourth-order valence-corrected chi connectivity index (χ4v) is 5.71. The molecule has 1 aromatic heterocycles. The number of halogens is 1. The number of nitro groups is 1. The van der Waals surface area contributed by atoms with Crippen molar-refractivity contribution in [1.82, 2.24) is 8.87 Å². The van der Waals surface area contributed by atoms with E-state index < -0.39 is 20.6 Å². The molecule has 0 radical (unpaired) electrons. The molecule has 1 heterocycles. The lowest BCUT2D eigenvalue weighted by Gasteiger charge is -2.18. The molecule has 0 fully saturated rings. The minimum absolute atomic E-state index is 0.122. The average Bonchev–Trinajstić information content (AvgIpc) is 3.15. The minimum Gasteiger partial charge on any atom is -0.493 e. The number of aromatic hydroxyl groups is 1. The van der Waals surface area contributed by atoms with Gasteiger partial charge in [0.1, 0.15) is 0 Å². The van der Waals surface area contributed by atoms with E-state index >= 15 is 0 Å². The van der Waals surface area contributed by atoms with Crippen LogP contribution in [0.1, 0.15) is 19.4 Å². The van der Waals surface area contributed by atoms with E-state index in [9.17, 15) is 23.6 Å². The Hall–Kier alpha value is -3.80. The van der Waals surface area contributed by atoms with Crippen molar-refractivity contribution in [3.05, 3.63) is 87.4 Å². The second kappa shape index (κ2) is 10.7. The standard InChI is InChI=1S/C25H24ClN5O5S/c1-3-29(4-2)37(35,36)18-13-14-21(23(15-18)31(33)34)27-28-24-19-10-6-8-12-22(19)30(25(24)32)16-17-9-5-7-11-20(17)26/h5-15,32H,3-4,16H2,1-2H3. The predicted molar refractivity (Wildman–Crippen MR) is 142 cm³/mol. The van der Waals surface area contributed by atoms with Crippen LogP contribution in [0.2, 0.25) is 5.02 Å². The molecule has 4 aromatic rings. The molecule has 0 aliphatic rings. The van der Waals surface area contributed by atoms with Gasteiger partial charge in [-0.15, -0.1) is 10.2 Å². The van der Waals surface area contributed by atoms with E-state index in [0.29, 0.717) is 15.9 Å². The van der Waals surface area contributed by atoms with Gasteiger partial charge >= 0.3 is 0 Å². The number of nitro benzene ring substituents is 1. The maximum atomic E-state index is 12.8. The second-order valence-corrected chi connectivity index (χ2v) is 10.4. The number of benzene rings is 3. The first kappa shape index (κ1) is 26.3. The summed E-state index contributed by atoms with van der Waals surface area (Å²) in [7, 11) is -3.90. The Balaban J connectivity index is 1.78. The Labute approximate surface area is 218 Å². The summed E-state index contributed by atoms with van der Waals surface area (Å²) in [5, 5.41) is 32.1. The number of hydrogen-bond donors (Lipinski definition) is 1. The van der Waals surface area contributed by atoms with E-state index in [4.69, 9.17) is 11.6 Å². The van der Waals surface area contributed by atoms with Crippen molar-refractivity contribution >= 4 is 49.6 Å². The molecule has 0 spiro atoms. The van der Waals surface area contributed by atoms with Crippen molar-refractivity contribution < 1.29 is 18.4 Å². The van der Waals surface area contributed by atoms with Crippen LogP contribution in [-0.2, 0) is 16.6 Å². The van der Waals surface area contributed by atoms with E-state index in [1.165, 1.54) is 16.4 Å². The molecular weight excluding hydrogens is 518 g/mol. The third-order valence-corrected chi connectivity index (χ3v) is 8.36. The van der Waals surface area contributed by atoms with Gasteiger partial charge in [-0.2, -0.15) is 4.31 Å². The Morgan fingerprint density at radius 3 is 2.38 bits per heavy atom. The molecule has 0 atom stereocenters. The fraction of sp³-hybridized carbons (Fsp3) is 0.200. The number of aromatic nitrogens is 1. The van der Waals surface area contributed by atoms with Crippen LogP contribution in [0.4, 0.5) is 17.1 Å². The third-order valence-electron chi connectivity index (χ3n) is 5.95. The zero-order valence-corrected chi connectivity index (χ0v) is 21.6. The lowest BCUT2D eigenvalue weighted by atomic mass is 10.2. The molecule has 4 rings (SSSR count). The summed E-state index contributed by atoms with van der Waals surface area (Å²) in [6, 6.07) is 17.9. The summed E-state index contributed by atoms with van der Waals surface area (Å²) in [5.74, 6) is -0.187. The van der Waals surface area contributed by atoms with Gasteiger partial charge in [0, 0.05) is 29.6 Å². The highest BCUT2D eigenvalue weighted by atomic mass is 35.5. The van der Waals surface area contributed by atoms with Crippen LogP contribution in [0.25, 0.3) is 10.9 Å². The molecule has 0 saturated carbocycles. The maximum absolute atomic E-state index is 12.8. The van der Waals surface area contributed by atoms with Gasteiger partial charge in [-0.25, -0.2) is 8.42 Å². The van der Waals surface area contributed by atoms with Gasteiger partial charge < -0.3 is 9.67 Å². The lowest BCUT2D eigenvalue weighted by Crippen LogP contribution is -2.30. The largest absolute Gasteiger partial charge is 0.493 e. The molecule has 192 valence electrons. The lowest BCUT2D eigenvalue weighted by molar-refractivity contribution is -0.384. The molecule has 0 bridgehead atoms. The predicted octanol–water partition coefficient (Wildman–Crippen LogP) is 6.40. The van der Waals surface area contributed by atoms with E-state index in [1.54, 1.807) is 42.7 Å². The molecule has 1 N–H and O–H groups in total. The highest BCUT2D eigenvalue weighted by Crippen LogP contribution is 2.41. The van der Waals surface area contributed by atoms with Gasteiger partial charge in [0.05, 0.1) is 21.9 Å². The van der Waals surface area contributed by atoms with Crippen LogP contribution in [0, 0.1) is 10.1 Å². The van der Waals surface area contributed by atoms with Gasteiger partial charge in [0.15, 0.2) is 11.4 Å². The number of azo groups is 1. The summed E-state index contributed by atoms with van der Waals surface area (Å²) in [6.45, 7) is 4.09. The van der Waals surface area contributed by atoms with Crippen LogP contribution in [-0.4, -0.2) is 40.4 Å². The van der Waals surface area contributed by atoms with Crippen LogP contribution in [0.5, 0.6) is 5.88 Å². The van der Waals surface area contributed by atoms with Crippen molar-refractivity contribution in [2.75, 3.05) is 13.1 Å². The zero-order valence-electron chi connectivity index (χ0n) is 20.1. The summed E-state index contributed by atoms with van der Waals surface area (Å²) >= 11 is 6.31. The normalized spacial score (nSPS) is 12.1. The Morgan fingerprint density at radius 2 is 1.70 bits per heavy atom. The molecule has 12 heteroatoms. The molecule has 37 heavy (non-hydrogen) atoms. The Kier molecular flexibility index (Phi) is 7.58. The smallest absolute Gasteiger partial charge is 0.298 e. The summed E-state index contributed by atoms with van der Waals surface area (Å²) in [6.07, 6.45) is 0. The molecule has 0 saturated heterocycles. The summed E-state index contributed by atoms with van der Waals surface area (Å²) in [4.78, 5) is 10.8. The molecular formula is C25H24ClN5O5S. The monoisotopic (exact) mass is 541 g/mol. The van der Waals surface area contributed by atoms with E-state index in [2.05, 4.69) is 10.2 Å². The number of hydrogen-bond acceptors (Lipinski definition) is 7. The first-order chi connectivity index (χ1) is 17.7. The zero-order chi connectivity index (χ0) is 26.7. The SMILES string of the molecule is CCN(CC)S(=O)(=O)c1ccc(N=Nc2c(O)n(Cc3ccccc3Cl)c3ccccc23)c([N+](=O)[O-])c1. The van der Waals surface area contributed by atoms with Gasteiger partial charge in [-0.05, 0) is 29.8 Å². The Bertz CT molecular complexity index is 1610. The fourth-order valence-electron chi connectivity index (χ4n) is 4.04. The van der Waals surface area contributed by atoms with Crippen LogP contribution in [0.3, 0.4) is 0 Å². The van der Waals surface area contributed by atoms with Gasteiger partial charge in [-0.1, -0.05) is 61.8 Å². The molecule has 0 aliphatic carbocycles. The topological polar surface area (TPSA) is 130 Å². The number of para-hydroxylation sites is 1. The number of nitrogens with zero attached hydrogens (tertiary/aromatic N) is 5. The quantitative estimate of drug-likeness (QED) is 0.149. The van der Waals surface area contributed by atoms with Gasteiger partial charge in [-0.3, -0.25) is 10.1 Å². The van der Waals surface area contributed by atoms with Crippen molar-refractivity contribution in [3.63, 3.8) is 0 Å². The summed E-state index contributed by atoms with van der Waals surface area (Å²) in [5.41, 5.74) is 0.910. The van der Waals surface area contributed by atoms with Crippen LogP contribution in [0.15, 0.2) is 81.9 Å². The minimum atomic E-state index is -3.90. The first-order valence-corrected chi connectivity index (χ1v) is 13.2. The highest BCUT2D eigenvalue weighted by molar-refractivity contribution is 7.89. The van der Waals surface area contributed by atoms with E-state index in [0.717, 1.165) is 11.6 Å². The van der Waals surface area contributed by atoms with Crippen molar-refractivity contribution in [3.8, 4) is 5.88 Å². The van der Waals surface area contributed by atoms with Crippen molar-refractivity contribution in [2.24, 2.45) is 10.2 Å². The van der Waals surface area contributed by atoms with E-state index in [-0.39, 0.29) is 41.8 Å². The number of fused-ring (bicyclic) bond motifs is 1. The molecule has 0 unspecified atom stereocenters. The molecule has 3 aromatic carbocycles. The number of sulfonamides is 1. The van der Waals surface area contributed by atoms with E-state index in [1.807, 2.05) is 24.3 Å².